The molecule has 0 saturated heterocycles. The Morgan fingerprint density at radius 1 is 1.14 bits per heavy atom. The predicted octanol–water partition coefficient (Wildman–Crippen LogP) is 4.50. The minimum Gasteiger partial charge on any atom is -0.345 e. The van der Waals surface area contributed by atoms with Gasteiger partial charge in [-0.25, -0.2) is 9.67 Å². The van der Waals surface area contributed by atoms with Crippen molar-refractivity contribution in [2.75, 3.05) is 0 Å². The normalized spacial score (nSPS) is 13.1. The molecule has 1 N–H and O–H groups in total. The van der Waals surface area contributed by atoms with Crippen molar-refractivity contribution in [3.8, 4) is 0 Å². The van der Waals surface area contributed by atoms with E-state index < -0.39 is 0 Å². The Bertz CT molecular complexity index is 999. The fraction of sp³-hybridized carbons (Fsp3) is 0.455. The summed E-state index contributed by atoms with van der Waals surface area (Å²) < 4.78 is 1.92. The summed E-state index contributed by atoms with van der Waals surface area (Å²) in [7, 11) is 0. The quantitative estimate of drug-likeness (QED) is 0.724. The maximum absolute atomic E-state index is 13.2. The number of pyridine rings is 2. The zero-order chi connectivity index (χ0) is 20.6. The monoisotopic (exact) mass is 379 g/mol. The van der Waals surface area contributed by atoms with Crippen LogP contribution in [0.5, 0.6) is 0 Å². The molecular formula is C22H29N5O. The van der Waals surface area contributed by atoms with Crippen LogP contribution in [0.4, 0.5) is 0 Å². The van der Waals surface area contributed by atoms with Gasteiger partial charge in [-0.05, 0) is 64.3 Å². The molecule has 3 aromatic rings. The van der Waals surface area contributed by atoms with Crippen molar-refractivity contribution in [2.24, 2.45) is 0 Å². The van der Waals surface area contributed by atoms with Gasteiger partial charge in [-0.1, -0.05) is 13.8 Å². The first-order chi connectivity index (χ1) is 13.1. The van der Waals surface area contributed by atoms with E-state index >= 15 is 0 Å². The number of hydrogen-bond acceptors (Lipinski definition) is 4. The summed E-state index contributed by atoms with van der Waals surface area (Å²) in [6, 6.07) is 5.60. The van der Waals surface area contributed by atoms with Crippen molar-refractivity contribution in [1.82, 2.24) is 25.1 Å². The van der Waals surface area contributed by atoms with Crippen molar-refractivity contribution in [2.45, 2.75) is 66.0 Å². The average molecular weight is 380 g/mol. The van der Waals surface area contributed by atoms with E-state index in [0.29, 0.717) is 5.56 Å². The number of aromatic nitrogens is 4. The summed E-state index contributed by atoms with van der Waals surface area (Å²) in [5.41, 5.74) is 3.88. The minimum absolute atomic E-state index is 0.116. The van der Waals surface area contributed by atoms with E-state index in [2.05, 4.69) is 44.9 Å². The van der Waals surface area contributed by atoms with Crippen molar-refractivity contribution in [1.29, 1.82) is 0 Å². The van der Waals surface area contributed by atoms with Crippen LogP contribution in [0.2, 0.25) is 0 Å². The van der Waals surface area contributed by atoms with Crippen molar-refractivity contribution >= 4 is 16.9 Å². The van der Waals surface area contributed by atoms with E-state index in [1.54, 1.807) is 12.4 Å². The number of aryl methyl sites for hydroxylation is 1. The molecule has 6 heteroatoms. The van der Waals surface area contributed by atoms with Gasteiger partial charge in [-0.3, -0.25) is 9.78 Å². The van der Waals surface area contributed by atoms with E-state index in [-0.39, 0.29) is 23.4 Å². The van der Waals surface area contributed by atoms with Crippen LogP contribution in [-0.2, 0) is 5.54 Å². The summed E-state index contributed by atoms with van der Waals surface area (Å²) >= 11 is 0. The number of carbonyl (C=O) groups excluding carboxylic acids is 1. The first-order valence-corrected chi connectivity index (χ1v) is 9.71. The fourth-order valence-corrected chi connectivity index (χ4v) is 3.26. The molecule has 3 aromatic heterocycles. The van der Waals surface area contributed by atoms with Crippen LogP contribution in [0, 0.1) is 6.92 Å². The van der Waals surface area contributed by atoms with Crippen LogP contribution in [0.1, 0.15) is 80.8 Å². The largest absolute Gasteiger partial charge is 0.345 e. The Labute approximate surface area is 166 Å². The molecular weight excluding hydrogens is 350 g/mol. The van der Waals surface area contributed by atoms with Crippen LogP contribution in [0.15, 0.2) is 30.6 Å². The van der Waals surface area contributed by atoms with Gasteiger partial charge in [0.1, 0.15) is 0 Å². The molecule has 148 valence electrons. The maximum Gasteiger partial charge on any atom is 0.252 e. The summed E-state index contributed by atoms with van der Waals surface area (Å²) in [4.78, 5) is 22.1. The number of nitrogens with zero attached hydrogens (tertiary/aromatic N) is 4. The molecule has 0 saturated carbocycles. The minimum atomic E-state index is -0.229. The van der Waals surface area contributed by atoms with Gasteiger partial charge in [0.05, 0.1) is 28.2 Å². The highest BCUT2D eigenvalue weighted by Crippen LogP contribution is 2.29. The SMILES string of the molecule is Cc1nn(C(C)(C)C)c2nc(C(C)C)cc(C(=O)NC(C)c3ccncc3)c12. The lowest BCUT2D eigenvalue weighted by Gasteiger charge is -2.21. The molecule has 0 aliphatic carbocycles. The number of nitrogens with one attached hydrogen (secondary N) is 1. The Morgan fingerprint density at radius 3 is 2.36 bits per heavy atom. The summed E-state index contributed by atoms with van der Waals surface area (Å²) in [5.74, 6) is 0.0902. The zero-order valence-electron chi connectivity index (χ0n) is 17.7. The third kappa shape index (κ3) is 3.77. The molecule has 3 rings (SSSR count). The molecule has 0 spiro atoms. The highest BCUT2D eigenvalue weighted by Gasteiger charge is 2.25. The molecule has 0 aromatic carbocycles. The third-order valence-electron chi connectivity index (χ3n) is 4.86. The topological polar surface area (TPSA) is 72.7 Å². The van der Waals surface area contributed by atoms with Crippen LogP contribution in [0.25, 0.3) is 11.0 Å². The first kappa shape index (κ1) is 20.0. The molecule has 1 atom stereocenters. The van der Waals surface area contributed by atoms with Gasteiger partial charge < -0.3 is 5.32 Å². The molecule has 1 amide bonds. The number of rotatable bonds is 4. The van der Waals surface area contributed by atoms with Crippen molar-refractivity contribution in [3.63, 3.8) is 0 Å². The van der Waals surface area contributed by atoms with Gasteiger partial charge in [0.25, 0.3) is 5.91 Å². The van der Waals surface area contributed by atoms with E-state index in [1.807, 2.05) is 36.7 Å². The van der Waals surface area contributed by atoms with E-state index in [0.717, 1.165) is 28.0 Å². The van der Waals surface area contributed by atoms with E-state index in [1.165, 1.54) is 0 Å². The Kier molecular flexibility index (Phi) is 5.24. The Morgan fingerprint density at radius 2 is 1.79 bits per heavy atom. The highest BCUT2D eigenvalue weighted by molar-refractivity contribution is 6.06. The number of amides is 1. The fourth-order valence-electron chi connectivity index (χ4n) is 3.26. The summed E-state index contributed by atoms with van der Waals surface area (Å²) in [6.45, 7) is 14.3. The Balaban J connectivity index is 2.11. The molecule has 0 radical (unpaired) electrons. The molecule has 0 fully saturated rings. The highest BCUT2D eigenvalue weighted by atomic mass is 16.1. The van der Waals surface area contributed by atoms with Gasteiger partial charge in [-0.2, -0.15) is 5.10 Å². The lowest BCUT2D eigenvalue weighted by Crippen LogP contribution is -2.27. The number of hydrogen-bond donors (Lipinski definition) is 1. The summed E-state index contributed by atoms with van der Waals surface area (Å²) in [5, 5.41) is 8.64. The van der Waals surface area contributed by atoms with Crippen LogP contribution >= 0.6 is 0 Å². The molecule has 28 heavy (non-hydrogen) atoms. The molecule has 0 bridgehead atoms. The third-order valence-corrected chi connectivity index (χ3v) is 4.86. The molecule has 6 nitrogen and oxygen atoms in total. The van der Waals surface area contributed by atoms with Crippen LogP contribution in [-0.4, -0.2) is 25.7 Å². The van der Waals surface area contributed by atoms with Gasteiger partial charge in [0, 0.05) is 18.1 Å². The van der Waals surface area contributed by atoms with Gasteiger partial charge in [0.15, 0.2) is 5.65 Å². The van der Waals surface area contributed by atoms with E-state index in [4.69, 9.17) is 10.1 Å². The predicted molar refractivity (Wildman–Crippen MR) is 111 cm³/mol. The smallest absolute Gasteiger partial charge is 0.252 e. The lowest BCUT2D eigenvalue weighted by atomic mass is 10.0. The van der Waals surface area contributed by atoms with Crippen molar-refractivity contribution in [3.05, 3.63) is 53.1 Å². The maximum atomic E-state index is 13.2. The van der Waals surface area contributed by atoms with Crippen molar-refractivity contribution < 1.29 is 4.79 Å². The second-order valence-electron chi connectivity index (χ2n) is 8.59. The molecule has 0 aliphatic heterocycles. The second-order valence-corrected chi connectivity index (χ2v) is 8.59. The van der Waals surface area contributed by atoms with Gasteiger partial charge in [-0.15, -0.1) is 0 Å². The number of fused-ring (bicyclic) bond motifs is 1. The van der Waals surface area contributed by atoms with Crippen LogP contribution in [0.3, 0.4) is 0 Å². The molecule has 3 heterocycles. The first-order valence-electron chi connectivity index (χ1n) is 9.71. The zero-order valence-corrected chi connectivity index (χ0v) is 17.7. The summed E-state index contributed by atoms with van der Waals surface area (Å²) in [6.07, 6.45) is 3.47. The van der Waals surface area contributed by atoms with Crippen LogP contribution < -0.4 is 5.32 Å². The van der Waals surface area contributed by atoms with E-state index in [9.17, 15) is 4.79 Å². The standard InChI is InChI=1S/C22H29N5O/c1-13(2)18-12-17(21(28)24-14(3)16-8-10-23-11-9-16)19-15(4)26-27(20(19)25-18)22(5,6)7/h8-14H,1-7H3,(H,24,28). The van der Waals surface area contributed by atoms with Gasteiger partial charge >= 0.3 is 0 Å². The lowest BCUT2D eigenvalue weighted by molar-refractivity contribution is 0.0941. The van der Waals surface area contributed by atoms with Gasteiger partial charge in [0.2, 0.25) is 0 Å². The number of carbonyl (C=O) groups is 1. The average Bonchev–Trinajstić information content (AvgIpc) is 2.98. The molecule has 1 unspecified atom stereocenters. The molecule has 0 aliphatic rings. The Hall–Kier alpha value is -2.76. The second kappa shape index (κ2) is 7.34.